The monoisotopic (exact) mass is 221 g/mol. The Bertz CT molecular complexity index is 453. The van der Waals surface area contributed by atoms with Gasteiger partial charge >= 0.3 is 0 Å². The number of carbonyl (C=O) groups is 1. The molecule has 0 saturated carbocycles. The lowest BCUT2D eigenvalue weighted by Gasteiger charge is -2.07. The number of carbonyl (C=O) groups excluding carboxylic acids is 1. The van der Waals surface area contributed by atoms with Crippen molar-refractivity contribution in [2.75, 3.05) is 13.7 Å². The Morgan fingerprint density at radius 1 is 1.50 bits per heavy atom. The van der Waals surface area contributed by atoms with E-state index in [0.29, 0.717) is 30.1 Å². The summed E-state index contributed by atoms with van der Waals surface area (Å²) in [6.45, 7) is 0.324. The van der Waals surface area contributed by atoms with Gasteiger partial charge in [-0.1, -0.05) is 5.16 Å². The summed E-state index contributed by atoms with van der Waals surface area (Å²) in [6.07, 6.45) is 0.298. The number of oxime groups is 1. The molecule has 5 nitrogen and oxygen atoms in total. The van der Waals surface area contributed by atoms with E-state index in [2.05, 4.69) is 5.16 Å². The third-order valence-corrected chi connectivity index (χ3v) is 2.41. The fourth-order valence-corrected chi connectivity index (χ4v) is 1.56. The molecule has 0 bridgehead atoms. The second kappa shape index (κ2) is 4.22. The zero-order valence-corrected chi connectivity index (χ0v) is 8.77. The van der Waals surface area contributed by atoms with Crippen LogP contribution in [0.1, 0.15) is 16.8 Å². The van der Waals surface area contributed by atoms with Crippen LogP contribution in [-0.4, -0.2) is 30.4 Å². The van der Waals surface area contributed by atoms with Gasteiger partial charge in [-0.25, -0.2) is 0 Å². The van der Waals surface area contributed by atoms with Crippen molar-refractivity contribution in [1.29, 1.82) is 0 Å². The quantitative estimate of drug-likeness (QED) is 0.576. The van der Waals surface area contributed by atoms with Crippen molar-refractivity contribution in [3.05, 3.63) is 23.8 Å². The SMILES string of the molecule is COc1ccc2c(c1)C(=O)C(=NO)CCO2. The van der Waals surface area contributed by atoms with E-state index in [1.807, 2.05) is 0 Å². The van der Waals surface area contributed by atoms with Crippen LogP contribution in [0.25, 0.3) is 0 Å². The molecule has 16 heavy (non-hydrogen) atoms. The molecule has 0 saturated heterocycles. The van der Waals surface area contributed by atoms with Crippen LogP contribution < -0.4 is 9.47 Å². The van der Waals surface area contributed by atoms with Gasteiger partial charge < -0.3 is 14.7 Å². The van der Waals surface area contributed by atoms with Gasteiger partial charge in [-0.15, -0.1) is 0 Å². The van der Waals surface area contributed by atoms with Crippen molar-refractivity contribution in [1.82, 2.24) is 0 Å². The lowest BCUT2D eigenvalue weighted by atomic mass is 10.0. The fourth-order valence-electron chi connectivity index (χ4n) is 1.56. The Morgan fingerprint density at radius 3 is 3.00 bits per heavy atom. The van der Waals surface area contributed by atoms with Gasteiger partial charge in [-0.05, 0) is 18.2 Å². The van der Waals surface area contributed by atoms with Crippen molar-refractivity contribution in [2.24, 2.45) is 5.16 Å². The van der Waals surface area contributed by atoms with Gasteiger partial charge in [0, 0.05) is 6.42 Å². The van der Waals surface area contributed by atoms with Crippen LogP contribution in [0.4, 0.5) is 0 Å². The van der Waals surface area contributed by atoms with Gasteiger partial charge in [-0.3, -0.25) is 4.79 Å². The van der Waals surface area contributed by atoms with Gasteiger partial charge in [-0.2, -0.15) is 0 Å². The van der Waals surface area contributed by atoms with Crippen molar-refractivity contribution in [2.45, 2.75) is 6.42 Å². The molecular weight excluding hydrogens is 210 g/mol. The molecule has 1 aliphatic rings. The highest BCUT2D eigenvalue weighted by Gasteiger charge is 2.23. The first kappa shape index (κ1) is 10.5. The standard InChI is InChI=1S/C11H11NO4/c1-15-7-2-3-10-8(6-7)11(13)9(12-14)4-5-16-10/h2-3,6,14H,4-5H2,1H3. The molecule has 0 amide bonds. The second-order valence-electron chi connectivity index (χ2n) is 3.34. The van der Waals surface area contributed by atoms with E-state index >= 15 is 0 Å². The molecule has 0 atom stereocenters. The molecule has 1 aromatic rings. The van der Waals surface area contributed by atoms with Crippen molar-refractivity contribution in [3.8, 4) is 11.5 Å². The number of Topliss-reactive ketones (excluding diaryl/α,β-unsaturated/α-hetero) is 1. The smallest absolute Gasteiger partial charge is 0.214 e. The average molecular weight is 221 g/mol. The van der Waals surface area contributed by atoms with Crippen LogP contribution in [0.5, 0.6) is 11.5 Å². The number of fused-ring (bicyclic) bond motifs is 1. The Kier molecular flexibility index (Phi) is 2.76. The molecule has 2 rings (SSSR count). The van der Waals surface area contributed by atoms with E-state index in [1.54, 1.807) is 18.2 Å². The normalized spacial score (nSPS) is 17.6. The van der Waals surface area contributed by atoms with E-state index in [-0.39, 0.29) is 11.5 Å². The highest BCUT2D eigenvalue weighted by Crippen LogP contribution is 2.27. The topological polar surface area (TPSA) is 68.1 Å². The van der Waals surface area contributed by atoms with Crippen LogP contribution in [0.3, 0.4) is 0 Å². The molecule has 0 radical (unpaired) electrons. The summed E-state index contributed by atoms with van der Waals surface area (Å²) in [5.41, 5.74) is 0.469. The second-order valence-corrected chi connectivity index (χ2v) is 3.34. The predicted molar refractivity (Wildman–Crippen MR) is 56.7 cm³/mol. The number of methoxy groups -OCH3 is 1. The minimum atomic E-state index is -0.325. The summed E-state index contributed by atoms with van der Waals surface area (Å²) in [5.74, 6) is 0.730. The maximum absolute atomic E-state index is 11.9. The van der Waals surface area contributed by atoms with Crippen LogP contribution in [0, 0.1) is 0 Å². The molecule has 0 spiro atoms. The van der Waals surface area contributed by atoms with Crippen LogP contribution >= 0.6 is 0 Å². The molecule has 0 unspecified atom stereocenters. The van der Waals surface area contributed by atoms with Gasteiger partial charge in [0.25, 0.3) is 0 Å². The summed E-state index contributed by atoms with van der Waals surface area (Å²) in [5, 5.41) is 11.7. The molecule has 0 aliphatic carbocycles. The predicted octanol–water partition coefficient (Wildman–Crippen LogP) is 1.49. The first-order valence-electron chi connectivity index (χ1n) is 4.82. The van der Waals surface area contributed by atoms with E-state index in [4.69, 9.17) is 14.7 Å². The average Bonchev–Trinajstić information content (AvgIpc) is 2.48. The van der Waals surface area contributed by atoms with E-state index in [9.17, 15) is 4.79 Å². The minimum absolute atomic E-state index is 0.104. The highest BCUT2D eigenvalue weighted by molar-refractivity contribution is 6.46. The van der Waals surface area contributed by atoms with Crippen LogP contribution in [0.2, 0.25) is 0 Å². The van der Waals surface area contributed by atoms with Gasteiger partial charge in [0.1, 0.15) is 17.2 Å². The molecule has 1 N–H and O–H groups in total. The first-order chi connectivity index (χ1) is 7.76. The molecule has 1 aromatic carbocycles. The molecule has 1 aliphatic heterocycles. The van der Waals surface area contributed by atoms with Crippen LogP contribution in [-0.2, 0) is 0 Å². The summed E-state index contributed by atoms with van der Waals surface area (Å²) >= 11 is 0. The molecule has 84 valence electrons. The largest absolute Gasteiger partial charge is 0.497 e. The van der Waals surface area contributed by atoms with Gasteiger partial charge in [0.15, 0.2) is 0 Å². The zero-order valence-electron chi connectivity index (χ0n) is 8.77. The van der Waals surface area contributed by atoms with E-state index in [0.717, 1.165) is 0 Å². The number of hydrogen-bond donors (Lipinski definition) is 1. The minimum Gasteiger partial charge on any atom is -0.497 e. The van der Waals surface area contributed by atoms with Crippen molar-refractivity contribution >= 4 is 11.5 Å². The Labute approximate surface area is 92.3 Å². The van der Waals surface area contributed by atoms with E-state index < -0.39 is 0 Å². The highest BCUT2D eigenvalue weighted by atomic mass is 16.5. The van der Waals surface area contributed by atoms with Crippen LogP contribution in [0.15, 0.2) is 23.4 Å². The molecule has 0 fully saturated rings. The Hall–Kier alpha value is -2.04. The Morgan fingerprint density at radius 2 is 2.31 bits per heavy atom. The molecule has 1 heterocycles. The lowest BCUT2D eigenvalue weighted by molar-refractivity contribution is 0.106. The number of nitrogens with zero attached hydrogens (tertiary/aromatic N) is 1. The van der Waals surface area contributed by atoms with Crippen molar-refractivity contribution in [3.63, 3.8) is 0 Å². The molecule has 0 aromatic heterocycles. The van der Waals surface area contributed by atoms with Gasteiger partial charge in [0.2, 0.25) is 5.78 Å². The summed E-state index contributed by atoms with van der Waals surface area (Å²) in [7, 11) is 1.52. The maximum Gasteiger partial charge on any atom is 0.214 e. The summed E-state index contributed by atoms with van der Waals surface area (Å²) in [4.78, 5) is 11.9. The van der Waals surface area contributed by atoms with E-state index in [1.165, 1.54) is 7.11 Å². The third-order valence-electron chi connectivity index (χ3n) is 2.41. The summed E-state index contributed by atoms with van der Waals surface area (Å²) < 4.78 is 10.4. The number of rotatable bonds is 1. The maximum atomic E-state index is 11.9. The number of benzene rings is 1. The number of hydrogen-bond acceptors (Lipinski definition) is 5. The third kappa shape index (κ3) is 1.71. The summed E-state index contributed by atoms with van der Waals surface area (Å²) in [6, 6.07) is 4.97. The zero-order chi connectivity index (χ0) is 11.5. The fraction of sp³-hybridized carbons (Fsp3) is 0.273. The molecular formula is C11H11NO4. The Balaban J connectivity index is 2.50. The van der Waals surface area contributed by atoms with Crippen molar-refractivity contribution < 1.29 is 19.5 Å². The number of ether oxygens (including phenoxy) is 2. The first-order valence-corrected chi connectivity index (χ1v) is 4.82. The van der Waals surface area contributed by atoms with Gasteiger partial charge in [0.05, 0.1) is 19.3 Å². The lowest BCUT2D eigenvalue weighted by Crippen LogP contribution is -2.13. The molecule has 5 heteroatoms. The number of ketones is 1.